The highest BCUT2D eigenvalue weighted by atomic mass is 16.5. The fraction of sp³-hybridized carbons (Fsp3) is 0.429. The minimum Gasteiger partial charge on any atom is -0.497 e. The fourth-order valence-corrected chi connectivity index (χ4v) is 1.92. The van der Waals surface area contributed by atoms with Crippen LogP contribution in [0.2, 0.25) is 0 Å². The van der Waals surface area contributed by atoms with Crippen molar-refractivity contribution in [1.29, 1.82) is 0 Å². The Labute approximate surface area is 111 Å². The number of carboxylic acids is 1. The van der Waals surface area contributed by atoms with Crippen LogP contribution in [-0.2, 0) is 9.59 Å². The molecular formula is C14H17NO4. The van der Waals surface area contributed by atoms with Crippen molar-refractivity contribution in [1.82, 2.24) is 5.32 Å². The number of hydrogen-bond donors (Lipinski definition) is 2. The summed E-state index contributed by atoms with van der Waals surface area (Å²) in [4.78, 5) is 23.1. The molecule has 1 unspecified atom stereocenters. The van der Waals surface area contributed by atoms with Crippen molar-refractivity contribution in [3.8, 4) is 5.75 Å². The van der Waals surface area contributed by atoms with E-state index >= 15 is 0 Å². The summed E-state index contributed by atoms with van der Waals surface area (Å²) in [6.45, 7) is 1.75. The third-order valence-corrected chi connectivity index (χ3v) is 3.51. The Bertz CT molecular complexity index is 508. The van der Waals surface area contributed by atoms with Crippen LogP contribution in [0.3, 0.4) is 0 Å². The van der Waals surface area contributed by atoms with Crippen LogP contribution < -0.4 is 10.1 Å². The minimum atomic E-state index is -1.04. The molecule has 0 aliphatic heterocycles. The third kappa shape index (κ3) is 2.70. The van der Waals surface area contributed by atoms with Crippen LogP contribution in [0.1, 0.15) is 31.2 Å². The van der Waals surface area contributed by atoms with Crippen LogP contribution in [-0.4, -0.2) is 29.6 Å². The molecular weight excluding hydrogens is 246 g/mol. The molecule has 1 aromatic rings. The Kier molecular flexibility index (Phi) is 3.46. The summed E-state index contributed by atoms with van der Waals surface area (Å²) in [6, 6.07) is 7.22. The number of amides is 1. The van der Waals surface area contributed by atoms with Gasteiger partial charge >= 0.3 is 5.97 Å². The first kappa shape index (κ1) is 13.4. The molecule has 5 nitrogen and oxygen atoms in total. The lowest BCUT2D eigenvalue weighted by molar-refractivity contribution is -0.143. The maximum atomic E-state index is 12.1. The van der Waals surface area contributed by atoms with E-state index in [-0.39, 0.29) is 5.91 Å². The summed E-state index contributed by atoms with van der Waals surface area (Å²) in [7, 11) is 1.56. The second-order valence-corrected chi connectivity index (χ2v) is 4.87. The summed E-state index contributed by atoms with van der Waals surface area (Å²) < 4.78 is 5.11. The van der Waals surface area contributed by atoms with Crippen molar-refractivity contribution < 1.29 is 19.4 Å². The molecule has 0 bridgehead atoms. The number of carboxylic acid groups (broad SMARTS) is 1. The average Bonchev–Trinajstić information content (AvgIpc) is 3.19. The number of ether oxygens (including phenoxy) is 1. The Balaban J connectivity index is 2.08. The van der Waals surface area contributed by atoms with Crippen molar-refractivity contribution in [2.24, 2.45) is 0 Å². The van der Waals surface area contributed by atoms with E-state index in [4.69, 9.17) is 9.84 Å². The average molecular weight is 263 g/mol. The maximum absolute atomic E-state index is 12.1. The first-order valence-electron chi connectivity index (χ1n) is 6.18. The smallest absolute Gasteiger partial charge is 0.329 e. The molecule has 1 fully saturated rings. The zero-order valence-corrected chi connectivity index (χ0v) is 11.0. The molecule has 1 saturated carbocycles. The van der Waals surface area contributed by atoms with Crippen molar-refractivity contribution in [2.75, 3.05) is 7.11 Å². The quantitative estimate of drug-likeness (QED) is 0.844. The Hall–Kier alpha value is -2.04. The van der Waals surface area contributed by atoms with Gasteiger partial charge in [-0.25, -0.2) is 4.79 Å². The van der Waals surface area contributed by atoms with Gasteiger partial charge in [0, 0.05) is 0 Å². The number of benzene rings is 1. The van der Waals surface area contributed by atoms with E-state index in [0.717, 1.165) is 5.56 Å². The van der Waals surface area contributed by atoms with Gasteiger partial charge in [-0.2, -0.15) is 0 Å². The summed E-state index contributed by atoms with van der Waals surface area (Å²) in [5.41, 5.74) is -0.234. The van der Waals surface area contributed by atoms with Gasteiger partial charge in [-0.05, 0) is 37.5 Å². The molecule has 19 heavy (non-hydrogen) atoms. The molecule has 102 valence electrons. The highest BCUT2D eigenvalue weighted by molar-refractivity contribution is 5.92. The molecule has 0 heterocycles. The van der Waals surface area contributed by atoms with Gasteiger partial charge in [0.15, 0.2) is 0 Å². The molecule has 5 heteroatoms. The lowest BCUT2D eigenvalue weighted by Gasteiger charge is -2.17. The summed E-state index contributed by atoms with van der Waals surface area (Å²) in [5, 5.41) is 11.7. The van der Waals surface area contributed by atoms with Crippen molar-refractivity contribution in [3.05, 3.63) is 29.8 Å². The van der Waals surface area contributed by atoms with Gasteiger partial charge in [0.1, 0.15) is 11.3 Å². The molecule has 1 aliphatic rings. The van der Waals surface area contributed by atoms with Gasteiger partial charge in [-0.3, -0.25) is 4.79 Å². The normalized spacial score (nSPS) is 17.4. The van der Waals surface area contributed by atoms with E-state index in [9.17, 15) is 9.59 Å². The van der Waals surface area contributed by atoms with E-state index in [1.807, 2.05) is 12.1 Å². The Morgan fingerprint density at radius 2 is 2.11 bits per heavy atom. The number of carbonyl (C=O) groups excluding carboxylic acids is 1. The molecule has 1 aliphatic carbocycles. The van der Waals surface area contributed by atoms with E-state index in [1.165, 1.54) is 0 Å². The zero-order valence-electron chi connectivity index (χ0n) is 11.0. The number of rotatable bonds is 5. The van der Waals surface area contributed by atoms with E-state index in [2.05, 4.69) is 5.32 Å². The van der Waals surface area contributed by atoms with Gasteiger partial charge in [-0.1, -0.05) is 12.1 Å². The predicted molar refractivity (Wildman–Crippen MR) is 69.2 cm³/mol. The second-order valence-electron chi connectivity index (χ2n) is 4.87. The van der Waals surface area contributed by atoms with Crippen LogP contribution in [0.15, 0.2) is 24.3 Å². The molecule has 2 N–H and O–H groups in total. The molecule has 1 aromatic carbocycles. The monoisotopic (exact) mass is 263 g/mol. The first-order chi connectivity index (χ1) is 8.98. The molecule has 2 rings (SSSR count). The van der Waals surface area contributed by atoms with Gasteiger partial charge in [-0.15, -0.1) is 0 Å². The summed E-state index contributed by atoms with van der Waals surface area (Å²) in [5.74, 6) is -0.963. The number of nitrogens with one attached hydrogen (secondary N) is 1. The fourth-order valence-electron chi connectivity index (χ4n) is 1.92. The predicted octanol–water partition coefficient (Wildman–Crippen LogP) is 1.53. The summed E-state index contributed by atoms with van der Waals surface area (Å²) in [6.07, 6.45) is 0.998. The van der Waals surface area contributed by atoms with Crippen LogP contribution in [0, 0.1) is 0 Å². The van der Waals surface area contributed by atoms with Gasteiger partial charge in [0.05, 0.1) is 13.0 Å². The molecule has 0 saturated heterocycles. The van der Waals surface area contributed by atoms with Crippen LogP contribution in [0.4, 0.5) is 0 Å². The number of carbonyl (C=O) groups is 2. The van der Waals surface area contributed by atoms with Crippen LogP contribution in [0.25, 0.3) is 0 Å². The number of hydrogen-bond acceptors (Lipinski definition) is 3. The number of aliphatic carboxylic acids is 1. The Morgan fingerprint density at radius 1 is 1.42 bits per heavy atom. The number of methoxy groups -OCH3 is 1. The largest absolute Gasteiger partial charge is 0.497 e. The van der Waals surface area contributed by atoms with Crippen LogP contribution >= 0.6 is 0 Å². The lowest BCUT2D eigenvalue weighted by Crippen LogP contribution is -2.44. The third-order valence-electron chi connectivity index (χ3n) is 3.51. The van der Waals surface area contributed by atoms with Crippen molar-refractivity contribution in [3.63, 3.8) is 0 Å². The molecule has 0 aromatic heterocycles. The standard InChI is InChI=1S/C14H17NO4/c1-9(10-4-3-5-11(8-10)19-2)12(16)15-14(6-7-14)13(17)18/h3-5,8-9H,6-7H2,1-2H3,(H,15,16)(H,17,18). The highest BCUT2D eigenvalue weighted by Crippen LogP contribution is 2.36. The van der Waals surface area contributed by atoms with E-state index in [0.29, 0.717) is 18.6 Å². The van der Waals surface area contributed by atoms with E-state index < -0.39 is 17.4 Å². The maximum Gasteiger partial charge on any atom is 0.329 e. The molecule has 0 radical (unpaired) electrons. The molecule has 0 spiro atoms. The Morgan fingerprint density at radius 3 is 2.63 bits per heavy atom. The lowest BCUT2D eigenvalue weighted by atomic mass is 9.99. The molecule has 1 amide bonds. The second kappa shape index (κ2) is 4.91. The zero-order chi connectivity index (χ0) is 14.0. The first-order valence-corrected chi connectivity index (χ1v) is 6.18. The SMILES string of the molecule is COc1cccc(C(C)C(=O)NC2(C(=O)O)CC2)c1. The van der Waals surface area contributed by atoms with Gasteiger partial charge in [0.2, 0.25) is 5.91 Å². The van der Waals surface area contributed by atoms with Crippen molar-refractivity contribution in [2.45, 2.75) is 31.2 Å². The molecule has 1 atom stereocenters. The van der Waals surface area contributed by atoms with Gasteiger partial charge in [0.25, 0.3) is 0 Å². The van der Waals surface area contributed by atoms with Gasteiger partial charge < -0.3 is 15.2 Å². The highest BCUT2D eigenvalue weighted by Gasteiger charge is 2.52. The van der Waals surface area contributed by atoms with Crippen molar-refractivity contribution >= 4 is 11.9 Å². The van der Waals surface area contributed by atoms with Crippen LogP contribution in [0.5, 0.6) is 5.75 Å². The van der Waals surface area contributed by atoms with E-state index in [1.54, 1.807) is 26.2 Å². The minimum absolute atomic E-state index is 0.270. The summed E-state index contributed by atoms with van der Waals surface area (Å²) >= 11 is 0. The topological polar surface area (TPSA) is 75.6 Å².